The zero-order valence-electron chi connectivity index (χ0n) is 15.4. The van der Waals surface area contributed by atoms with E-state index in [-0.39, 0.29) is 12.5 Å². The molecule has 3 rings (SSSR count). The number of ether oxygens (including phenoxy) is 2. The summed E-state index contributed by atoms with van der Waals surface area (Å²) in [6, 6.07) is 16.1. The molecule has 0 atom stereocenters. The normalized spacial score (nSPS) is 14.4. The summed E-state index contributed by atoms with van der Waals surface area (Å²) in [7, 11) is 0. The Morgan fingerprint density at radius 1 is 0.926 bits per heavy atom. The van der Waals surface area contributed by atoms with Crippen LogP contribution in [0.25, 0.3) is 0 Å². The molecule has 1 amide bonds. The van der Waals surface area contributed by atoms with Gasteiger partial charge in [0.25, 0.3) is 5.91 Å². The molecule has 0 spiro atoms. The molecule has 27 heavy (non-hydrogen) atoms. The number of rotatable bonds is 7. The van der Waals surface area contributed by atoms with E-state index in [9.17, 15) is 9.59 Å². The molecule has 0 aromatic heterocycles. The smallest absolute Gasteiger partial charge is 0.338 e. The van der Waals surface area contributed by atoms with Gasteiger partial charge in [0.1, 0.15) is 11.5 Å². The van der Waals surface area contributed by atoms with Crippen molar-refractivity contribution in [2.45, 2.75) is 32.1 Å². The summed E-state index contributed by atoms with van der Waals surface area (Å²) in [5, 5.41) is 2.86. The van der Waals surface area contributed by atoms with Gasteiger partial charge in [0.05, 0.1) is 5.56 Å². The molecule has 1 fully saturated rings. The highest BCUT2D eigenvalue weighted by molar-refractivity contribution is 5.91. The van der Waals surface area contributed by atoms with E-state index in [1.165, 1.54) is 19.3 Å². The number of amides is 1. The second kappa shape index (κ2) is 9.76. The van der Waals surface area contributed by atoms with Crippen LogP contribution < -0.4 is 10.1 Å². The van der Waals surface area contributed by atoms with Gasteiger partial charge in [0, 0.05) is 6.54 Å². The zero-order chi connectivity index (χ0) is 18.9. The third-order valence-electron chi connectivity index (χ3n) is 4.70. The van der Waals surface area contributed by atoms with Crippen LogP contribution in [0.1, 0.15) is 42.5 Å². The van der Waals surface area contributed by atoms with Crippen molar-refractivity contribution < 1.29 is 19.1 Å². The van der Waals surface area contributed by atoms with Crippen molar-refractivity contribution in [2.24, 2.45) is 5.92 Å². The first-order valence-electron chi connectivity index (χ1n) is 9.47. The van der Waals surface area contributed by atoms with Gasteiger partial charge >= 0.3 is 5.97 Å². The Hall–Kier alpha value is -2.82. The highest BCUT2D eigenvalue weighted by Crippen LogP contribution is 2.23. The Bertz CT molecular complexity index is 754. The van der Waals surface area contributed by atoms with Gasteiger partial charge in [-0.1, -0.05) is 43.5 Å². The second-order valence-electron chi connectivity index (χ2n) is 6.83. The number of nitrogens with one attached hydrogen (secondary N) is 1. The molecule has 1 N–H and O–H groups in total. The molecular formula is C22H25NO4. The minimum atomic E-state index is -0.540. The van der Waals surface area contributed by atoms with Crippen LogP contribution in [0.15, 0.2) is 54.6 Å². The molecule has 1 aliphatic rings. The Balaban J connectivity index is 1.46. The fourth-order valence-electron chi connectivity index (χ4n) is 3.23. The van der Waals surface area contributed by atoms with Crippen LogP contribution in [0.4, 0.5) is 0 Å². The van der Waals surface area contributed by atoms with Crippen molar-refractivity contribution in [2.75, 3.05) is 13.2 Å². The monoisotopic (exact) mass is 367 g/mol. The third kappa shape index (κ3) is 6.13. The summed E-state index contributed by atoms with van der Waals surface area (Å²) in [5.74, 6) is 0.972. The van der Waals surface area contributed by atoms with Crippen molar-refractivity contribution in [3.8, 4) is 11.5 Å². The summed E-state index contributed by atoms with van der Waals surface area (Å²) >= 11 is 0. The summed E-state index contributed by atoms with van der Waals surface area (Å²) in [6.45, 7) is 0.395. The minimum Gasteiger partial charge on any atom is -0.457 e. The number of para-hydroxylation sites is 1. The van der Waals surface area contributed by atoms with Gasteiger partial charge in [-0.25, -0.2) is 4.79 Å². The third-order valence-corrected chi connectivity index (χ3v) is 4.70. The first-order valence-corrected chi connectivity index (χ1v) is 9.47. The second-order valence-corrected chi connectivity index (χ2v) is 6.83. The maximum absolute atomic E-state index is 12.2. The largest absolute Gasteiger partial charge is 0.457 e. The highest BCUT2D eigenvalue weighted by Gasteiger charge is 2.15. The van der Waals surface area contributed by atoms with Gasteiger partial charge in [-0.05, 0) is 49.1 Å². The quantitative estimate of drug-likeness (QED) is 0.740. The molecule has 0 bridgehead atoms. The lowest BCUT2D eigenvalue weighted by atomic mass is 9.89. The van der Waals surface area contributed by atoms with Crippen molar-refractivity contribution in [1.82, 2.24) is 5.32 Å². The summed E-state index contributed by atoms with van der Waals surface area (Å²) < 4.78 is 10.8. The van der Waals surface area contributed by atoms with Gasteiger partial charge in [0.15, 0.2) is 6.61 Å². The Morgan fingerprint density at radius 3 is 2.44 bits per heavy atom. The molecule has 5 heteroatoms. The number of hydrogen-bond donors (Lipinski definition) is 1. The van der Waals surface area contributed by atoms with Crippen molar-refractivity contribution in [1.29, 1.82) is 0 Å². The fourth-order valence-corrected chi connectivity index (χ4v) is 3.23. The standard InChI is InChI=1S/C22H25NO4/c24-21(23-15-17-8-3-1-4-9-17)16-26-22(25)18-10-7-13-20(14-18)27-19-11-5-2-6-12-19/h2,5-7,10-14,17H,1,3-4,8-9,15-16H2,(H,23,24). The zero-order valence-corrected chi connectivity index (χ0v) is 15.4. The molecule has 2 aromatic rings. The van der Waals surface area contributed by atoms with E-state index in [1.807, 2.05) is 30.3 Å². The predicted octanol–water partition coefficient (Wildman–Crippen LogP) is 4.33. The number of carbonyl (C=O) groups excluding carboxylic acids is 2. The minimum absolute atomic E-state index is 0.259. The Kier molecular flexibility index (Phi) is 6.85. The summed E-state index contributed by atoms with van der Waals surface area (Å²) in [4.78, 5) is 24.1. The van der Waals surface area contributed by atoms with E-state index in [4.69, 9.17) is 9.47 Å². The van der Waals surface area contributed by atoms with Crippen molar-refractivity contribution in [3.63, 3.8) is 0 Å². The Morgan fingerprint density at radius 2 is 1.67 bits per heavy atom. The van der Waals surface area contributed by atoms with Crippen molar-refractivity contribution >= 4 is 11.9 Å². The first-order chi connectivity index (χ1) is 13.2. The van der Waals surface area contributed by atoms with E-state index >= 15 is 0 Å². The molecule has 0 heterocycles. The average molecular weight is 367 g/mol. The molecular weight excluding hydrogens is 342 g/mol. The average Bonchev–Trinajstić information content (AvgIpc) is 2.72. The lowest BCUT2D eigenvalue weighted by molar-refractivity contribution is -0.124. The number of benzene rings is 2. The maximum atomic E-state index is 12.2. The maximum Gasteiger partial charge on any atom is 0.338 e. The molecule has 1 saturated carbocycles. The fraction of sp³-hybridized carbons (Fsp3) is 0.364. The summed E-state index contributed by atoms with van der Waals surface area (Å²) in [6.07, 6.45) is 6.07. The molecule has 0 unspecified atom stereocenters. The molecule has 0 radical (unpaired) electrons. The summed E-state index contributed by atoms with van der Waals surface area (Å²) in [5.41, 5.74) is 0.350. The van der Waals surface area contributed by atoms with Crippen molar-refractivity contribution in [3.05, 3.63) is 60.2 Å². The van der Waals surface area contributed by atoms with Crippen LogP contribution in [-0.4, -0.2) is 25.0 Å². The van der Waals surface area contributed by atoms with Crippen LogP contribution in [0.5, 0.6) is 11.5 Å². The van der Waals surface area contributed by atoms with Crippen LogP contribution in [0.3, 0.4) is 0 Å². The van der Waals surface area contributed by atoms with Gasteiger partial charge < -0.3 is 14.8 Å². The van der Waals surface area contributed by atoms with Crippen LogP contribution in [0.2, 0.25) is 0 Å². The molecule has 5 nitrogen and oxygen atoms in total. The topological polar surface area (TPSA) is 64.6 Å². The molecule has 0 aliphatic heterocycles. The van der Waals surface area contributed by atoms with Gasteiger partial charge in [-0.15, -0.1) is 0 Å². The molecule has 142 valence electrons. The van der Waals surface area contributed by atoms with Gasteiger partial charge in [-0.2, -0.15) is 0 Å². The van der Waals surface area contributed by atoms with Gasteiger partial charge in [0.2, 0.25) is 0 Å². The van der Waals surface area contributed by atoms with E-state index < -0.39 is 5.97 Å². The van der Waals surface area contributed by atoms with Crippen LogP contribution >= 0.6 is 0 Å². The van der Waals surface area contributed by atoms with Gasteiger partial charge in [-0.3, -0.25) is 4.79 Å². The van der Waals surface area contributed by atoms with E-state index in [0.29, 0.717) is 29.5 Å². The van der Waals surface area contributed by atoms with Crippen LogP contribution in [-0.2, 0) is 9.53 Å². The van der Waals surface area contributed by atoms with E-state index in [1.54, 1.807) is 24.3 Å². The number of carbonyl (C=O) groups is 2. The van der Waals surface area contributed by atoms with E-state index in [2.05, 4.69) is 5.32 Å². The Labute approximate surface area is 159 Å². The first kappa shape index (κ1) is 19.0. The lowest BCUT2D eigenvalue weighted by Crippen LogP contribution is -2.33. The SMILES string of the molecule is O=C(COC(=O)c1cccc(Oc2ccccc2)c1)NCC1CCCCC1. The lowest BCUT2D eigenvalue weighted by Gasteiger charge is -2.21. The predicted molar refractivity (Wildman–Crippen MR) is 103 cm³/mol. The molecule has 0 saturated heterocycles. The molecule has 1 aliphatic carbocycles. The number of esters is 1. The van der Waals surface area contributed by atoms with E-state index in [0.717, 1.165) is 12.8 Å². The highest BCUT2D eigenvalue weighted by atomic mass is 16.5. The van der Waals surface area contributed by atoms with Crippen LogP contribution in [0, 0.1) is 5.92 Å². The molecule has 2 aromatic carbocycles. The number of hydrogen-bond acceptors (Lipinski definition) is 4.